The van der Waals surface area contributed by atoms with Crippen molar-refractivity contribution in [3.8, 4) is 0 Å². The van der Waals surface area contributed by atoms with E-state index in [9.17, 15) is 9.59 Å². The standard InChI is InChI=1S/C32H50N6O2/c1-23(2)37(31(39)33-27-13-17-29(18-14-27)35(5)6)21-25-9-11-26(12-10-25)22-38(24(3)4)32(40)34-28-15-19-30(20-16-28)36(7)8/h13-20,23-26H,9-12,21-22H2,1-8H3,(H,33,39)(H,34,40)/t25-,26-. The van der Waals surface area contributed by atoms with Gasteiger partial charge in [-0.25, -0.2) is 9.59 Å². The summed E-state index contributed by atoms with van der Waals surface area (Å²) < 4.78 is 0. The molecule has 2 N–H and O–H groups in total. The summed E-state index contributed by atoms with van der Waals surface area (Å²) in [6, 6.07) is 16.0. The van der Waals surface area contributed by atoms with Crippen LogP contribution in [0.25, 0.3) is 0 Å². The van der Waals surface area contributed by atoms with Crippen molar-refractivity contribution in [1.82, 2.24) is 9.80 Å². The average Bonchev–Trinajstić information content (AvgIpc) is 2.91. The van der Waals surface area contributed by atoms with Gasteiger partial charge in [-0.1, -0.05) is 0 Å². The third-order valence-corrected chi connectivity index (χ3v) is 7.91. The Morgan fingerprint density at radius 2 is 0.925 bits per heavy atom. The van der Waals surface area contributed by atoms with Gasteiger partial charge < -0.3 is 30.2 Å². The van der Waals surface area contributed by atoms with Gasteiger partial charge in [-0.15, -0.1) is 0 Å². The highest BCUT2D eigenvalue weighted by Crippen LogP contribution is 2.31. The minimum absolute atomic E-state index is 0.0454. The maximum Gasteiger partial charge on any atom is 0.322 e. The Labute approximate surface area is 241 Å². The number of amides is 4. The van der Waals surface area contributed by atoms with Gasteiger partial charge in [0.15, 0.2) is 0 Å². The second-order valence-electron chi connectivity index (χ2n) is 12.1. The molecule has 0 aliphatic heterocycles. The summed E-state index contributed by atoms with van der Waals surface area (Å²) in [5, 5.41) is 6.16. The molecule has 1 saturated carbocycles. The molecule has 1 aliphatic carbocycles. The van der Waals surface area contributed by atoms with Gasteiger partial charge in [0.25, 0.3) is 0 Å². The number of anilines is 4. The summed E-state index contributed by atoms with van der Waals surface area (Å²) in [7, 11) is 8.01. The van der Waals surface area contributed by atoms with E-state index in [0.717, 1.165) is 61.5 Å². The third kappa shape index (κ3) is 8.80. The molecule has 8 nitrogen and oxygen atoms in total. The fourth-order valence-electron chi connectivity index (χ4n) is 5.29. The van der Waals surface area contributed by atoms with Crippen molar-refractivity contribution in [2.24, 2.45) is 11.8 Å². The van der Waals surface area contributed by atoms with E-state index in [2.05, 4.69) is 38.3 Å². The molecule has 40 heavy (non-hydrogen) atoms. The molecule has 2 aromatic rings. The predicted molar refractivity (Wildman–Crippen MR) is 169 cm³/mol. The zero-order valence-corrected chi connectivity index (χ0v) is 25.8. The van der Waals surface area contributed by atoms with Crippen LogP contribution in [0.4, 0.5) is 32.3 Å². The van der Waals surface area contributed by atoms with Crippen molar-refractivity contribution in [3.05, 3.63) is 48.5 Å². The summed E-state index contributed by atoms with van der Waals surface area (Å²) in [4.78, 5) is 34.3. The summed E-state index contributed by atoms with van der Waals surface area (Å²) >= 11 is 0. The van der Waals surface area contributed by atoms with Gasteiger partial charge in [-0.05, 0) is 114 Å². The van der Waals surface area contributed by atoms with E-state index < -0.39 is 0 Å². The second-order valence-corrected chi connectivity index (χ2v) is 12.1. The number of nitrogens with zero attached hydrogens (tertiary/aromatic N) is 4. The largest absolute Gasteiger partial charge is 0.378 e. The minimum atomic E-state index is -0.0454. The topological polar surface area (TPSA) is 71.2 Å². The van der Waals surface area contributed by atoms with Crippen LogP contribution in [0, 0.1) is 11.8 Å². The Morgan fingerprint density at radius 1 is 0.625 bits per heavy atom. The van der Waals surface area contributed by atoms with E-state index in [1.165, 1.54) is 0 Å². The summed E-state index contributed by atoms with van der Waals surface area (Å²) in [5.74, 6) is 0.939. The molecule has 1 aliphatic rings. The molecular weight excluding hydrogens is 500 g/mol. The van der Waals surface area contributed by atoms with Gasteiger partial charge in [0.1, 0.15) is 0 Å². The Hall–Kier alpha value is -3.42. The first-order valence-corrected chi connectivity index (χ1v) is 14.6. The van der Waals surface area contributed by atoms with Gasteiger partial charge in [0.2, 0.25) is 0 Å². The number of benzene rings is 2. The Morgan fingerprint density at radius 3 is 1.18 bits per heavy atom. The number of hydrogen-bond donors (Lipinski definition) is 2. The molecule has 3 rings (SSSR count). The van der Waals surface area contributed by atoms with Crippen LogP contribution in [-0.4, -0.2) is 75.2 Å². The molecule has 0 aromatic heterocycles. The van der Waals surface area contributed by atoms with Crippen molar-refractivity contribution >= 4 is 34.8 Å². The van der Waals surface area contributed by atoms with Gasteiger partial charge in [-0.2, -0.15) is 0 Å². The van der Waals surface area contributed by atoms with Gasteiger partial charge in [0.05, 0.1) is 0 Å². The Bertz CT molecular complexity index is 986. The van der Waals surface area contributed by atoms with E-state index in [4.69, 9.17) is 0 Å². The van der Waals surface area contributed by atoms with E-state index in [1.54, 1.807) is 0 Å². The summed E-state index contributed by atoms with van der Waals surface area (Å²) in [6.07, 6.45) is 4.27. The molecule has 0 spiro atoms. The van der Waals surface area contributed by atoms with Crippen LogP contribution in [0.1, 0.15) is 53.4 Å². The van der Waals surface area contributed by atoms with Crippen LogP contribution >= 0.6 is 0 Å². The third-order valence-electron chi connectivity index (χ3n) is 7.91. The first kappa shape index (κ1) is 31.1. The molecule has 0 heterocycles. The molecule has 1 fully saturated rings. The van der Waals surface area contributed by atoms with E-state index >= 15 is 0 Å². The second kappa shape index (κ2) is 14.3. The first-order chi connectivity index (χ1) is 18.9. The number of rotatable bonds is 10. The van der Waals surface area contributed by atoms with Crippen LogP contribution in [0.2, 0.25) is 0 Å². The molecule has 0 radical (unpaired) electrons. The van der Waals surface area contributed by atoms with E-state index in [0.29, 0.717) is 11.8 Å². The van der Waals surface area contributed by atoms with E-state index in [1.807, 2.05) is 96.3 Å². The lowest BCUT2D eigenvalue weighted by atomic mass is 9.81. The van der Waals surface area contributed by atoms with Crippen molar-refractivity contribution in [1.29, 1.82) is 0 Å². The van der Waals surface area contributed by atoms with Gasteiger partial charge in [0, 0.05) is 76.1 Å². The number of urea groups is 2. The highest BCUT2D eigenvalue weighted by Gasteiger charge is 2.29. The first-order valence-electron chi connectivity index (χ1n) is 14.6. The molecule has 0 saturated heterocycles. The molecule has 4 amide bonds. The maximum absolute atomic E-state index is 13.2. The molecule has 0 bridgehead atoms. The Kier molecular flexibility index (Phi) is 11.1. The number of hydrogen-bond acceptors (Lipinski definition) is 4. The number of carbonyl (C=O) groups is 2. The van der Waals surface area contributed by atoms with Crippen LogP contribution in [0.3, 0.4) is 0 Å². The monoisotopic (exact) mass is 550 g/mol. The zero-order valence-electron chi connectivity index (χ0n) is 25.8. The fourth-order valence-corrected chi connectivity index (χ4v) is 5.29. The highest BCUT2D eigenvalue weighted by atomic mass is 16.2. The molecule has 2 aromatic carbocycles. The summed E-state index contributed by atoms with van der Waals surface area (Å²) in [5.41, 5.74) is 3.82. The van der Waals surface area contributed by atoms with Crippen molar-refractivity contribution < 1.29 is 9.59 Å². The van der Waals surface area contributed by atoms with Crippen LogP contribution in [0.5, 0.6) is 0 Å². The normalized spacial score (nSPS) is 16.9. The molecule has 0 unspecified atom stereocenters. The van der Waals surface area contributed by atoms with Gasteiger partial charge >= 0.3 is 12.1 Å². The zero-order chi connectivity index (χ0) is 29.4. The van der Waals surface area contributed by atoms with Crippen molar-refractivity contribution in [2.45, 2.75) is 65.5 Å². The van der Waals surface area contributed by atoms with Crippen molar-refractivity contribution in [2.75, 3.05) is 61.7 Å². The number of nitrogens with one attached hydrogen (secondary N) is 2. The van der Waals surface area contributed by atoms with Gasteiger partial charge in [-0.3, -0.25) is 0 Å². The smallest absolute Gasteiger partial charge is 0.322 e. The average molecular weight is 551 g/mol. The molecule has 0 atom stereocenters. The summed E-state index contributed by atoms with van der Waals surface area (Å²) in [6.45, 7) is 9.81. The van der Waals surface area contributed by atoms with Crippen LogP contribution in [0.15, 0.2) is 48.5 Å². The molecule has 220 valence electrons. The maximum atomic E-state index is 13.2. The van der Waals surface area contributed by atoms with Crippen LogP contribution in [-0.2, 0) is 0 Å². The lowest BCUT2D eigenvalue weighted by molar-refractivity contribution is 0.142. The lowest BCUT2D eigenvalue weighted by Crippen LogP contribution is -2.45. The predicted octanol–water partition coefficient (Wildman–Crippen LogP) is 6.81. The Balaban J connectivity index is 1.51. The minimum Gasteiger partial charge on any atom is -0.378 e. The SMILES string of the molecule is CC(C)N(C[C@H]1CC[C@H](CN(C(=O)Nc2ccc(N(C)C)cc2)C(C)C)CC1)C(=O)Nc1ccc(N(C)C)cc1. The highest BCUT2D eigenvalue weighted by molar-refractivity contribution is 5.90. The fraction of sp³-hybridized carbons (Fsp3) is 0.562. The van der Waals surface area contributed by atoms with E-state index in [-0.39, 0.29) is 24.1 Å². The molecule has 8 heteroatoms. The lowest BCUT2D eigenvalue weighted by Gasteiger charge is -2.37. The van der Waals surface area contributed by atoms with Crippen LogP contribution < -0.4 is 20.4 Å². The number of carbonyl (C=O) groups excluding carboxylic acids is 2. The quantitative estimate of drug-likeness (QED) is 0.341. The van der Waals surface area contributed by atoms with Crippen molar-refractivity contribution in [3.63, 3.8) is 0 Å². The molecular formula is C32H50N6O2.